The molecule has 6 heteroatoms. The fraction of sp³-hybridized carbons (Fsp3) is 0.429. The standard InChI is InChI=1S/C14H15ClN2O3/c15-5-4-14(18)17(7-1-6-16)11-2-3-12-13(10-11)20-9-8-19-12/h2-3,10H,1,4-5,7-9H2. The first kappa shape index (κ1) is 14.5. The molecule has 0 spiro atoms. The molecule has 0 aromatic heterocycles. The summed E-state index contributed by atoms with van der Waals surface area (Å²) < 4.78 is 10.9. The van der Waals surface area contributed by atoms with Gasteiger partial charge in [0.2, 0.25) is 5.91 Å². The van der Waals surface area contributed by atoms with Crippen LogP contribution in [0.2, 0.25) is 0 Å². The number of nitrogens with zero attached hydrogens (tertiary/aromatic N) is 2. The van der Waals surface area contributed by atoms with Crippen molar-refractivity contribution in [3.05, 3.63) is 18.2 Å². The summed E-state index contributed by atoms with van der Waals surface area (Å²) in [5.74, 6) is 1.44. The van der Waals surface area contributed by atoms with E-state index in [2.05, 4.69) is 0 Å². The zero-order valence-electron chi connectivity index (χ0n) is 11.0. The zero-order valence-corrected chi connectivity index (χ0v) is 11.7. The summed E-state index contributed by atoms with van der Waals surface area (Å²) >= 11 is 5.62. The monoisotopic (exact) mass is 294 g/mol. The maximum absolute atomic E-state index is 12.1. The van der Waals surface area contributed by atoms with Crippen LogP contribution in [-0.4, -0.2) is 31.5 Å². The molecule has 0 aliphatic carbocycles. The Labute approximate surface area is 122 Å². The highest BCUT2D eigenvalue weighted by molar-refractivity contribution is 6.19. The van der Waals surface area contributed by atoms with Gasteiger partial charge in [0.15, 0.2) is 11.5 Å². The number of carbonyl (C=O) groups is 1. The van der Waals surface area contributed by atoms with Gasteiger partial charge in [-0.15, -0.1) is 11.6 Å². The minimum Gasteiger partial charge on any atom is -0.486 e. The number of halogens is 1. The molecule has 0 fully saturated rings. The Kier molecular flexibility index (Phi) is 5.08. The van der Waals surface area contributed by atoms with Gasteiger partial charge in [-0.3, -0.25) is 4.79 Å². The lowest BCUT2D eigenvalue weighted by Crippen LogP contribution is -2.32. The van der Waals surface area contributed by atoms with Gasteiger partial charge in [0.05, 0.1) is 12.5 Å². The maximum Gasteiger partial charge on any atom is 0.228 e. The largest absolute Gasteiger partial charge is 0.486 e. The number of rotatable bonds is 5. The number of anilines is 1. The SMILES string of the molecule is N#CCCN(C(=O)CCCl)c1ccc2c(c1)OCCO2. The van der Waals surface area contributed by atoms with Crippen molar-refractivity contribution in [1.82, 2.24) is 0 Å². The number of nitriles is 1. The van der Waals surface area contributed by atoms with Gasteiger partial charge in [0.25, 0.3) is 0 Å². The van der Waals surface area contributed by atoms with Crippen LogP contribution >= 0.6 is 11.6 Å². The van der Waals surface area contributed by atoms with Crippen molar-refractivity contribution in [2.75, 3.05) is 30.5 Å². The Balaban J connectivity index is 2.23. The lowest BCUT2D eigenvalue weighted by atomic mass is 10.2. The molecule has 1 aromatic carbocycles. The van der Waals surface area contributed by atoms with E-state index in [0.29, 0.717) is 36.9 Å². The van der Waals surface area contributed by atoms with Crippen LogP contribution in [0.3, 0.4) is 0 Å². The zero-order chi connectivity index (χ0) is 14.4. The van der Waals surface area contributed by atoms with Crippen LogP contribution in [0, 0.1) is 11.3 Å². The molecule has 1 aromatic rings. The molecule has 1 aliphatic heterocycles. The smallest absolute Gasteiger partial charge is 0.228 e. The van der Waals surface area contributed by atoms with Gasteiger partial charge in [-0.05, 0) is 12.1 Å². The van der Waals surface area contributed by atoms with E-state index in [-0.39, 0.29) is 24.6 Å². The number of ether oxygens (including phenoxy) is 2. The summed E-state index contributed by atoms with van der Waals surface area (Å²) in [6.07, 6.45) is 0.504. The average molecular weight is 295 g/mol. The molecule has 1 heterocycles. The predicted octanol–water partition coefficient (Wildman–Crippen LogP) is 2.33. The van der Waals surface area contributed by atoms with Crippen molar-refractivity contribution in [3.63, 3.8) is 0 Å². The number of hydrogen-bond donors (Lipinski definition) is 0. The summed E-state index contributed by atoms with van der Waals surface area (Å²) in [6, 6.07) is 7.37. The molecule has 20 heavy (non-hydrogen) atoms. The molecular weight excluding hydrogens is 280 g/mol. The Hall–Kier alpha value is -1.93. The number of amides is 1. The van der Waals surface area contributed by atoms with Gasteiger partial charge in [-0.1, -0.05) is 0 Å². The van der Waals surface area contributed by atoms with Gasteiger partial charge in [0, 0.05) is 30.6 Å². The van der Waals surface area contributed by atoms with E-state index < -0.39 is 0 Å². The van der Waals surface area contributed by atoms with E-state index in [9.17, 15) is 4.79 Å². The predicted molar refractivity (Wildman–Crippen MR) is 75.4 cm³/mol. The van der Waals surface area contributed by atoms with Crippen molar-refractivity contribution < 1.29 is 14.3 Å². The fourth-order valence-corrected chi connectivity index (χ4v) is 2.14. The third-order valence-electron chi connectivity index (χ3n) is 2.89. The molecule has 0 saturated heterocycles. The molecule has 2 rings (SSSR count). The van der Waals surface area contributed by atoms with E-state index in [1.54, 1.807) is 23.1 Å². The van der Waals surface area contributed by atoms with Crippen LogP contribution in [0.1, 0.15) is 12.8 Å². The van der Waals surface area contributed by atoms with Gasteiger partial charge in [0.1, 0.15) is 13.2 Å². The van der Waals surface area contributed by atoms with Crippen LogP contribution < -0.4 is 14.4 Å². The number of benzene rings is 1. The Morgan fingerprint density at radius 3 is 2.80 bits per heavy atom. The number of hydrogen-bond acceptors (Lipinski definition) is 4. The molecule has 0 saturated carbocycles. The topological polar surface area (TPSA) is 62.6 Å². The molecule has 1 aliphatic rings. The second-order valence-electron chi connectivity index (χ2n) is 4.22. The Bertz CT molecular complexity index is 528. The van der Waals surface area contributed by atoms with Crippen LogP contribution in [0.5, 0.6) is 11.5 Å². The molecule has 0 N–H and O–H groups in total. The van der Waals surface area contributed by atoms with Crippen molar-refractivity contribution in [1.29, 1.82) is 5.26 Å². The van der Waals surface area contributed by atoms with Gasteiger partial charge in [-0.2, -0.15) is 5.26 Å². The average Bonchev–Trinajstić information content (AvgIpc) is 2.48. The highest BCUT2D eigenvalue weighted by Crippen LogP contribution is 2.34. The van der Waals surface area contributed by atoms with Crippen LogP contribution in [0.15, 0.2) is 18.2 Å². The third kappa shape index (κ3) is 3.34. The maximum atomic E-state index is 12.1. The third-order valence-corrected chi connectivity index (χ3v) is 3.08. The summed E-state index contributed by atoms with van der Waals surface area (Å²) in [6.45, 7) is 1.35. The Morgan fingerprint density at radius 1 is 1.35 bits per heavy atom. The van der Waals surface area contributed by atoms with Gasteiger partial charge in [-0.25, -0.2) is 0 Å². The normalized spacial score (nSPS) is 12.6. The van der Waals surface area contributed by atoms with Gasteiger partial charge < -0.3 is 14.4 Å². The van der Waals surface area contributed by atoms with Gasteiger partial charge >= 0.3 is 0 Å². The van der Waals surface area contributed by atoms with Crippen LogP contribution in [0.25, 0.3) is 0 Å². The fourth-order valence-electron chi connectivity index (χ4n) is 1.98. The lowest BCUT2D eigenvalue weighted by molar-refractivity contribution is -0.118. The van der Waals surface area contributed by atoms with Crippen molar-refractivity contribution in [2.24, 2.45) is 0 Å². The first-order valence-electron chi connectivity index (χ1n) is 6.39. The molecule has 0 atom stereocenters. The second kappa shape index (κ2) is 7.01. The summed E-state index contributed by atoms with van der Waals surface area (Å²) in [4.78, 5) is 13.6. The van der Waals surface area contributed by atoms with E-state index in [4.69, 9.17) is 26.3 Å². The molecule has 106 valence electrons. The molecule has 0 unspecified atom stereocenters. The first-order valence-corrected chi connectivity index (χ1v) is 6.92. The minimum atomic E-state index is -0.105. The molecule has 1 amide bonds. The first-order chi connectivity index (χ1) is 9.76. The highest BCUT2D eigenvalue weighted by atomic mass is 35.5. The van der Waals surface area contributed by atoms with E-state index in [1.165, 1.54) is 0 Å². The summed E-state index contributed by atoms with van der Waals surface area (Å²) in [5.41, 5.74) is 0.694. The minimum absolute atomic E-state index is 0.105. The van der Waals surface area contributed by atoms with Crippen LogP contribution in [0.4, 0.5) is 5.69 Å². The van der Waals surface area contributed by atoms with E-state index >= 15 is 0 Å². The summed E-state index contributed by atoms with van der Waals surface area (Å²) in [5, 5.41) is 8.71. The quantitative estimate of drug-likeness (QED) is 0.782. The van der Waals surface area contributed by atoms with Crippen molar-refractivity contribution in [2.45, 2.75) is 12.8 Å². The molecule has 0 radical (unpaired) electrons. The molecule has 0 bridgehead atoms. The van der Waals surface area contributed by atoms with Crippen molar-refractivity contribution >= 4 is 23.2 Å². The highest BCUT2D eigenvalue weighted by Gasteiger charge is 2.18. The Morgan fingerprint density at radius 2 is 2.10 bits per heavy atom. The molecular formula is C14H15ClN2O3. The van der Waals surface area contributed by atoms with E-state index in [0.717, 1.165) is 0 Å². The lowest BCUT2D eigenvalue weighted by Gasteiger charge is -2.24. The van der Waals surface area contributed by atoms with Crippen molar-refractivity contribution in [3.8, 4) is 17.6 Å². The number of fused-ring (bicyclic) bond motifs is 1. The molecule has 5 nitrogen and oxygen atoms in total. The second-order valence-corrected chi connectivity index (χ2v) is 4.60. The number of alkyl halides is 1. The number of carbonyl (C=O) groups excluding carboxylic acids is 1. The summed E-state index contributed by atoms with van der Waals surface area (Å²) in [7, 11) is 0. The van der Waals surface area contributed by atoms with Crippen LogP contribution in [-0.2, 0) is 4.79 Å². The van der Waals surface area contributed by atoms with E-state index in [1.807, 2.05) is 6.07 Å².